The molecule has 0 unspecified atom stereocenters. The van der Waals surface area contributed by atoms with Gasteiger partial charge < -0.3 is 20.1 Å². The second-order valence-corrected chi connectivity index (χ2v) is 5.50. The van der Waals surface area contributed by atoms with Crippen LogP contribution in [-0.2, 0) is 11.2 Å². The molecule has 0 atom stereocenters. The number of amides is 1. The molecule has 2 heterocycles. The number of ether oxygens (including phenoxy) is 2. The van der Waals surface area contributed by atoms with Gasteiger partial charge in [0, 0.05) is 18.5 Å². The Labute approximate surface area is 125 Å². The molecule has 5 nitrogen and oxygen atoms in total. The molecule has 2 aliphatic rings. The van der Waals surface area contributed by atoms with Crippen LogP contribution in [0.3, 0.4) is 0 Å². The molecule has 2 aliphatic heterocycles. The zero-order valence-electron chi connectivity index (χ0n) is 12.2. The van der Waals surface area contributed by atoms with E-state index in [9.17, 15) is 4.79 Å². The summed E-state index contributed by atoms with van der Waals surface area (Å²) in [5.41, 5.74) is 1.81. The summed E-state index contributed by atoms with van der Waals surface area (Å²) in [5.74, 6) is 0.861. The average molecular weight is 290 g/mol. The summed E-state index contributed by atoms with van der Waals surface area (Å²) >= 11 is 0. The molecule has 1 aromatic carbocycles. The van der Waals surface area contributed by atoms with Crippen LogP contribution in [0, 0.1) is 0 Å². The first-order chi connectivity index (χ1) is 10.3. The Kier molecular flexibility index (Phi) is 4.72. The van der Waals surface area contributed by atoms with Crippen molar-refractivity contribution in [1.82, 2.24) is 10.6 Å². The van der Waals surface area contributed by atoms with Gasteiger partial charge in [-0.3, -0.25) is 4.79 Å². The summed E-state index contributed by atoms with van der Waals surface area (Å²) in [4.78, 5) is 12.1. The van der Waals surface area contributed by atoms with Gasteiger partial charge in [-0.25, -0.2) is 0 Å². The average Bonchev–Trinajstić information content (AvgIpc) is 3.00. The first-order valence-electron chi connectivity index (χ1n) is 7.69. The lowest BCUT2D eigenvalue weighted by Crippen LogP contribution is -2.34. The van der Waals surface area contributed by atoms with Crippen molar-refractivity contribution in [3.63, 3.8) is 0 Å². The lowest BCUT2D eigenvalue weighted by Gasteiger charge is -2.22. The monoisotopic (exact) mass is 290 g/mol. The fourth-order valence-corrected chi connectivity index (χ4v) is 2.78. The Bertz CT molecular complexity index is 498. The van der Waals surface area contributed by atoms with Gasteiger partial charge in [0.1, 0.15) is 5.75 Å². The normalized spacial score (nSPS) is 18.1. The smallest absolute Gasteiger partial charge is 0.251 e. The Hall–Kier alpha value is -1.59. The fraction of sp³-hybridized carbons (Fsp3) is 0.562. The number of fused-ring (bicyclic) bond motifs is 1. The predicted molar refractivity (Wildman–Crippen MR) is 79.8 cm³/mol. The van der Waals surface area contributed by atoms with Gasteiger partial charge in [0.05, 0.1) is 19.3 Å². The molecule has 0 saturated carbocycles. The number of hydrogen-bond donors (Lipinski definition) is 2. The number of benzene rings is 1. The summed E-state index contributed by atoms with van der Waals surface area (Å²) < 4.78 is 11.2. The molecule has 0 radical (unpaired) electrons. The summed E-state index contributed by atoms with van der Waals surface area (Å²) in [6, 6.07) is 5.61. The topological polar surface area (TPSA) is 59.6 Å². The van der Waals surface area contributed by atoms with Crippen molar-refractivity contribution < 1.29 is 14.3 Å². The molecule has 1 saturated heterocycles. The lowest BCUT2D eigenvalue weighted by molar-refractivity contribution is 0.0343. The quantitative estimate of drug-likeness (QED) is 0.798. The Morgan fingerprint density at radius 1 is 1.38 bits per heavy atom. The minimum absolute atomic E-state index is 0.0430. The third-order valence-corrected chi connectivity index (χ3v) is 3.98. The summed E-state index contributed by atoms with van der Waals surface area (Å²) in [5, 5.41) is 6.21. The molecule has 0 aromatic heterocycles. The van der Waals surface area contributed by atoms with Gasteiger partial charge in [-0.15, -0.1) is 0 Å². The molecule has 1 fully saturated rings. The maximum absolute atomic E-state index is 12.1. The molecule has 2 N–H and O–H groups in total. The third kappa shape index (κ3) is 3.74. The van der Waals surface area contributed by atoms with Crippen LogP contribution in [0.2, 0.25) is 0 Å². The number of carbonyl (C=O) groups is 1. The highest BCUT2D eigenvalue weighted by Crippen LogP contribution is 2.25. The lowest BCUT2D eigenvalue weighted by atomic mass is 10.1. The number of piperidine rings is 1. The Balaban J connectivity index is 1.41. The van der Waals surface area contributed by atoms with Crippen LogP contribution in [0.5, 0.6) is 5.75 Å². The fourth-order valence-electron chi connectivity index (χ4n) is 2.78. The largest absolute Gasteiger partial charge is 0.493 e. The highest BCUT2D eigenvalue weighted by atomic mass is 16.5. The molecule has 114 valence electrons. The molecule has 3 rings (SSSR count). The predicted octanol–water partition coefficient (Wildman–Crippen LogP) is 1.12. The molecular formula is C16H22N2O3. The molecule has 0 spiro atoms. The third-order valence-electron chi connectivity index (χ3n) is 3.98. The van der Waals surface area contributed by atoms with E-state index in [4.69, 9.17) is 9.47 Å². The summed E-state index contributed by atoms with van der Waals surface area (Å²) in [6.07, 6.45) is 3.33. The van der Waals surface area contributed by atoms with Crippen LogP contribution >= 0.6 is 0 Å². The SMILES string of the molecule is O=C(NCCOC1CCNCC1)c1ccc2c(c1)CCO2. The van der Waals surface area contributed by atoms with Gasteiger partial charge in [0.25, 0.3) is 5.91 Å². The number of hydrogen-bond acceptors (Lipinski definition) is 4. The summed E-state index contributed by atoms with van der Waals surface area (Å²) in [6.45, 7) is 3.88. The number of nitrogens with one attached hydrogen (secondary N) is 2. The molecular weight excluding hydrogens is 268 g/mol. The highest BCUT2D eigenvalue weighted by molar-refractivity contribution is 5.94. The van der Waals surface area contributed by atoms with Crippen LogP contribution < -0.4 is 15.4 Å². The van der Waals surface area contributed by atoms with Crippen LogP contribution in [-0.4, -0.2) is 44.9 Å². The van der Waals surface area contributed by atoms with Crippen molar-refractivity contribution in [3.8, 4) is 5.75 Å². The van der Waals surface area contributed by atoms with E-state index in [1.165, 1.54) is 0 Å². The Morgan fingerprint density at radius 2 is 2.24 bits per heavy atom. The van der Waals surface area contributed by atoms with Crippen molar-refractivity contribution >= 4 is 5.91 Å². The van der Waals surface area contributed by atoms with Crippen molar-refractivity contribution in [3.05, 3.63) is 29.3 Å². The van der Waals surface area contributed by atoms with Crippen LogP contribution in [0.15, 0.2) is 18.2 Å². The van der Waals surface area contributed by atoms with Crippen LogP contribution in [0.4, 0.5) is 0 Å². The van der Waals surface area contributed by atoms with E-state index in [-0.39, 0.29) is 5.91 Å². The van der Waals surface area contributed by atoms with Crippen molar-refractivity contribution in [2.45, 2.75) is 25.4 Å². The molecule has 0 bridgehead atoms. The van der Waals surface area contributed by atoms with E-state index in [0.717, 1.165) is 43.7 Å². The first-order valence-corrected chi connectivity index (χ1v) is 7.69. The molecule has 0 aliphatic carbocycles. The van der Waals surface area contributed by atoms with Crippen molar-refractivity contribution in [1.29, 1.82) is 0 Å². The second kappa shape index (κ2) is 6.91. The molecule has 21 heavy (non-hydrogen) atoms. The minimum atomic E-state index is -0.0430. The van der Waals surface area contributed by atoms with E-state index < -0.39 is 0 Å². The van der Waals surface area contributed by atoms with Gasteiger partial charge in [-0.2, -0.15) is 0 Å². The minimum Gasteiger partial charge on any atom is -0.493 e. The van der Waals surface area contributed by atoms with Gasteiger partial charge in [-0.1, -0.05) is 0 Å². The highest BCUT2D eigenvalue weighted by Gasteiger charge is 2.15. The molecule has 1 amide bonds. The van der Waals surface area contributed by atoms with E-state index >= 15 is 0 Å². The second-order valence-electron chi connectivity index (χ2n) is 5.50. The van der Waals surface area contributed by atoms with Gasteiger partial charge in [0.2, 0.25) is 0 Å². The first kappa shape index (κ1) is 14.4. The number of rotatable bonds is 5. The van der Waals surface area contributed by atoms with Crippen molar-refractivity contribution in [2.24, 2.45) is 0 Å². The molecule has 5 heteroatoms. The van der Waals surface area contributed by atoms with Crippen molar-refractivity contribution in [2.75, 3.05) is 32.8 Å². The summed E-state index contributed by atoms with van der Waals surface area (Å²) in [7, 11) is 0. The van der Waals surface area contributed by atoms with Crippen LogP contribution in [0.25, 0.3) is 0 Å². The van der Waals surface area contributed by atoms with Crippen LogP contribution in [0.1, 0.15) is 28.8 Å². The molecule has 1 aromatic rings. The zero-order chi connectivity index (χ0) is 14.5. The Morgan fingerprint density at radius 3 is 3.10 bits per heavy atom. The van der Waals surface area contributed by atoms with E-state index in [1.54, 1.807) is 0 Å². The standard InChI is InChI=1S/C16H22N2O3/c19-16(13-1-2-15-12(11-13)5-9-21-15)18-8-10-20-14-3-6-17-7-4-14/h1-2,11,14,17H,3-10H2,(H,18,19). The zero-order valence-corrected chi connectivity index (χ0v) is 12.2. The van der Waals surface area contributed by atoms with Gasteiger partial charge in [-0.05, 0) is 49.7 Å². The van der Waals surface area contributed by atoms with E-state index in [0.29, 0.717) is 31.4 Å². The van der Waals surface area contributed by atoms with Gasteiger partial charge in [0.15, 0.2) is 0 Å². The number of carbonyl (C=O) groups excluding carboxylic acids is 1. The van der Waals surface area contributed by atoms with E-state index in [1.807, 2.05) is 18.2 Å². The van der Waals surface area contributed by atoms with Gasteiger partial charge >= 0.3 is 0 Å². The van der Waals surface area contributed by atoms with E-state index in [2.05, 4.69) is 10.6 Å². The maximum Gasteiger partial charge on any atom is 0.251 e. The maximum atomic E-state index is 12.1.